The van der Waals surface area contributed by atoms with Crippen LogP contribution in [0, 0.1) is 12.3 Å². The van der Waals surface area contributed by atoms with Crippen molar-refractivity contribution >= 4 is 11.9 Å². The molecule has 0 radical (unpaired) electrons. The van der Waals surface area contributed by atoms with Crippen LogP contribution in [0.2, 0.25) is 0 Å². The van der Waals surface area contributed by atoms with E-state index in [1.807, 2.05) is 32.0 Å². The lowest BCUT2D eigenvalue weighted by Gasteiger charge is -2.22. The van der Waals surface area contributed by atoms with Crippen LogP contribution in [-0.2, 0) is 9.59 Å². The van der Waals surface area contributed by atoms with Gasteiger partial charge in [0.15, 0.2) is 0 Å². The molecule has 1 amide bonds. The normalized spacial score (nSPS) is 23.1. The number of amides is 1. The highest BCUT2D eigenvalue weighted by atomic mass is 16.4. The molecule has 1 N–H and O–H groups in total. The summed E-state index contributed by atoms with van der Waals surface area (Å²) in [5.74, 6) is -0.615. The van der Waals surface area contributed by atoms with Gasteiger partial charge in [-0.3, -0.25) is 9.59 Å². The maximum atomic E-state index is 12.4. The molecule has 0 bridgehead atoms. The number of carbonyl (C=O) groups is 2. The summed E-state index contributed by atoms with van der Waals surface area (Å²) in [6.07, 6.45) is 0.966. The fourth-order valence-electron chi connectivity index (χ4n) is 2.99. The average molecular weight is 289 g/mol. The van der Waals surface area contributed by atoms with E-state index in [1.54, 1.807) is 11.8 Å². The van der Waals surface area contributed by atoms with Crippen molar-refractivity contribution in [2.45, 2.75) is 39.5 Å². The molecule has 1 aliphatic heterocycles. The van der Waals surface area contributed by atoms with Gasteiger partial charge in [0.25, 0.3) is 0 Å². The number of hydrogen-bond donors (Lipinski definition) is 1. The molecule has 4 nitrogen and oxygen atoms in total. The number of hydrogen-bond acceptors (Lipinski definition) is 2. The Morgan fingerprint density at radius 1 is 1.38 bits per heavy atom. The topological polar surface area (TPSA) is 57.6 Å². The molecule has 0 unspecified atom stereocenters. The van der Waals surface area contributed by atoms with Gasteiger partial charge in [-0.25, -0.2) is 0 Å². The number of carboxylic acid groups (broad SMARTS) is 1. The van der Waals surface area contributed by atoms with E-state index < -0.39 is 11.4 Å². The molecule has 1 saturated heterocycles. The van der Waals surface area contributed by atoms with Gasteiger partial charge in [-0.15, -0.1) is 0 Å². The first-order valence-corrected chi connectivity index (χ1v) is 7.40. The van der Waals surface area contributed by atoms with Gasteiger partial charge in [-0.1, -0.05) is 31.2 Å². The molecule has 0 aliphatic carbocycles. The number of carbonyl (C=O) groups excluding carboxylic acids is 1. The molecule has 1 aromatic carbocycles. The summed E-state index contributed by atoms with van der Waals surface area (Å²) in [5.41, 5.74) is 1.59. The molecule has 21 heavy (non-hydrogen) atoms. The third-order valence-electron chi connectivity index (χ3n) is 4.54. The Balaban J connectivity index is 2.00. The van der Waals surface area contributed by atoms with E-state index in [2.05, 4.69) is 6.07 Å². The summed E-state index contributed by atoms with van der Waals surface area (Å²) in [5, 5.41) is 9.23. The molecule has 114 valence electrons. The summed E-state index contributed by atoms with van der Waals surface area (Å²) < 4.78 is 0. The van der Waals surface area contributed by atoms with E-state index in [0.29, 0.717) is 25.9 Å². The minimum Gasteiger partial charge on any atom is -0.481 e. The fraction of sp³-hybridized carbons (Fsp3) is 0.529. The molecule has 1 fully saturated rings. The number of nitrogens with zero attached hydrogens (tertiary/aromatic N) is 1. The Hall–Kier alpha value is -1.84. The molecule has 4 heteroatoms. The monoisotopic (exact) mass is 289 g/mol. The molecule has 1 heterocycles. The first-order valence-electron chi connectivity index (χ1n) is 7.40. The largest absolute Gasteiger partial charge is 0.481 e. The standard InChI is InChI=1S/C17H23NO3/c1-12-6-4-5-7-14(12)13(2)10-15(19)18-9-8-17(3,11-18)16(20)21/h4-7,13H,8-11H2,1-3H3,(H,20,21)/t13-,17-/m1/s1. The smallest absolute Gasteiger partial charge is 0.311 e. The highest BCUT2D eigenvalue weighted by Gasteiger charge is 2.42. The predicted octanol–water partition coefficient (Wildman–Crippen LogP) is 2.81. The molecule has 0 saturated carbocycles. The number of likely N-dealkylation sites (tertiary alicyclic amines) is 1. The quantitative estimate of drug-likeness (QED) is 0.927. The van der Waals surface area contributed by atoms with Crippen molar-refractivity contribution in [3.8, 4) is 0 Å². The van der Waals surface area contributed by atoms with Gasteiger partial charge in [-0.05, 0) is 37.3 Å². The van der Waals surface area contributed by atoms with Crippen LogP contribution in [0.5, 0.6) is 0 Å². The van der Waals surface area contributed by atoms with Crippen LogP contribution >= 0.6 is 0 Å². The highest BCUT2D eigenvalue weighted by molar-refractivity contribution is 5.81. The van der Waals surface area contributed by atoms with Crippen molar-refractivity contribution < 1.29 is 14.7 Å². The Kier molecular flexibility index (Phi) is 4.35. The summed E-state index contributed by atoms with van der Waals surface area (Å²) >= 11 is 0. The fourth-order valence-corrected chi connectivity index (χ4v) is 2.99. The van der Waals surface area contributed by atoms with Crippen LogP contribution in [0.25, 0.3) is 0 Å². The Bertz CT molecular complexity index is 555. The van der Waals surface area contributed by atoms with E-state index in [-0.39, 0.29) is 11.8 Å². The third-order valence-corrected chi connectivity index (χ3v) is 4.54. The van der Waals surface area contributed by atoms with E-state index in [4.69, 9.17) is 0 Å². The summed E-state index contributed by atoms with van der Waals surface area (Å²) in [7, 11) is 0. The molecule has 0 spiro atoms. The third kappa shape index (κ3) is 3.26. The Labute approximate surface area is 125 Å². The van der Waals surface area contributed by atoms with E-state index in [1.165, 1.54) is 11.1 Å². The van der Waals surface area contributed by atoms with Crippen molar-refractivity contribution in [3.05, 3.63) is 35.4 Å². The van der Waals surface area contributed by atoms with Crippen LogP contribution in [-0.4, -0.2) is 35.0 Å². The van der Waals surface area contributed by atoms with Crippen LogP contribution < -0.4 is 0 Å². The second-order valence-corrected chi connectivity index (χ2v) is 6.39. The predicted molar refractivity (Wildman–Crippen MR) is 81.2 cm³/mol. The Morgan fingerprint density at radius 3 is 2.62 bits per heavy atom. The van der Waals surface area contributed by atoms with E-state index in [9.17, 15) is 14.7 Å². The first-order chi connectivity index (χ1) is 9.83. The zero-order valence-corrected chi connectivity index (χ0v) is 12.9. The van der Waals surface area contributed by atoms with E-state index in [0.717, 1.165) is 0 Å². The van der Waals surface area contributed by atoms with Crippen molar-refractivity contribution in [2.75, 3.05) is 13.1 Å². The summed E-state index contributed by atoms with van der Waals surface area (Å²) in [6, 6.07) is 8.08. The number of benzene rings is 1. The summed E-state index contributed by atoms with van der Waals surface area (Å²) in [4.78, 5) is 25.3. The van der Waals surface area contributed by atoms with Gasteiger partial charge in [0, 0.05) is 19.5 Å². The molecule has 1 aliphatic rings. The molecular formula is C17H23NO3. The first kappa shape index (κ1) is 15.5. The van der Waals surface area contributed by atoms with Crippen molar-refractivity contribution in [1.82, 2.24) is 4.90 Å². The lowest BCUT2D eigenvalue weighted by Crippen LogP contribution is -2.35. The lowest BCUT2D eigenvalue weighted by molar-refractivity contribution is -0.147. The van der Waals surface area contributed by atoms with Gasteiger partial charge in [-0.2, -0.15) is 0 Å². The maximum Gasteiger partial charge on any atom is 0.311 e. The second kappa shape index (κ2) is 5.88. The molecule has 1 aromatic rings. The van der Waals surface area contributed by atoms with Gasteiger partial charge in [0.05, 0.1) is 5.41 Å². The van der Waals surface area contributed by atoms with Crippen LogP contribution in [0.1, 0.15) is 43.7 Å². The van der Waals surface area contributed by atoms with Crippen molar-refractivity contribution in [3.63, 3.8) is 0 Å². The summed E-state index contributed by atoms with van der Waals surface area (Å²) in [6.45, 7) is 6.68. The van der Waals surface area contributed by atoms with Crippen LogP contribution in [0.4, 0.5) is 0 Å². The van der Waals surface area contributed by atoms with Crippen LogP contribution in [0.3, 0.4) is 0 Å². The average Bonchev–Trinajstić information content (AvgIpc) is 2.83. The highest BCUT2D eigenvalue weighted by Crippen LogP contribution is 2.32. The molecule has 2 rings (SSSR count). The number of rotatable bonds is 4. The van der Waals surface area contributed by atoms with Gasteiger partial charge < -0.3 is 10.0 Å². The second-order valence-electron chi connectivity index (χ2n) is 6.39. The minimum atomic E-state index is -0.815. The zero-order chi connectivity index (χ0) is 15.6. The van der Waals surface area contributed by atoms with Gasteiger partial charge in [0.1, 0.15) is 0 Å². The van der Waals surface area contributed by atoms with E-state index >= 15 is 0 Å². The van der Waals surface area contributed by atoms with Crippen LogP contribution in [0.15, 0.2) is 24.3 Å². The molecule has 2 atom stereocenters. The Morgan fingerprint density at radius 2 is 2.05 bits per heavy atom. The number of carboxylic acids is 1. The molecular weight excluding hydrogens is 266 g/mol. The molecule has 0 aromatic heterocycles. The van der Waals surface area contributed by atoms with Gasteiger partial charge in [0.2, 0.25) is 5.91 Å². The number of aryl methyl sites for hydroxylation is 1. The van der Waals surface area contributed by atoms with Gasteiger partial charge >= 0.3 is 5.97 Å². The number of aliphatic carboxylic acids is 1. The van der Waals surface area contributed by atoms with Crippen molar-refractivity contribution in [1.29, 1.82) is 0 Å². The SMILES string of the molecule is Cc1ccccc1[C@H](C)CC(=O)N1CC[C@@](C)(C(=O)O)C1. The zero-order valence-electron chi connectivity index (χ0n) is 12.9. The maximum absolute atomic E-state index is 12.4. The minimum absolute atomic E-state index is 0.0516. The lowest BCUT2D eigenvalue weighted by atomic mass is 9.90. The van der Waals surface area contributed by atoms with Crippen molar-refractivity contribution in [2.24, 2.45) is 5.41 Å².